The predicted molar refractivity (Wildman–Crippen MR) is 136 cm³/mol. The number of fused-ring (bicyclic) bond motifs is 1. The molecule has 5 rings (SSSR count). The third kappa shape index (κ3) is 4.65. The smallest absolute Gasteiger partial charge is 0.196 e. The first kappa shape index (κ1) is 22.4. The van der Waals surface area contributed by atoms with Gasteiger partial charge in [0.25, 0.3) is 0 Å². The number of benzene rings is 2. The minimum atomic E-state index is -0.155. The van der Waals surface area contributed by atoms with E-state index >= 15 is 0 Å². The molecule has 34 heavy (non-hydrogen) atoms. The van der Waals surface area contributed by atoms with Crippen LogP contribution in [0.4, 0.5) is 5.69 Å². The van der Waals surface area contributed by atoms with Gasteiger partial charge in [-0.15, -0.1) is 0 Å². The first-order valence-electron chi connectivity index (χ1n) is 11.6. The fraction of sp³-hybridized carbons (Fsp3) is 0.259. The summed E-state index contributed by atoms with van der Waals surface area (Å²) >= 11 is 6.53. The Morgan fingerprint density at radius 1 is 1.00 bits per heavy atom. The van der Waals surface area contributed by atoms with Crippen molar-refractivity contribution in [3.8, 4) is 11.5 Å². The lowest BCUT2D eigenvalue weighted by Crippen LogP contribution is -2.35. The van der Waals surface area contributed by atoms with Gasteiger partial charge in [0.1, 0.15) is 17.1 Å². The van der Waals surface area contributed by atoms with Gasteiger partial charge in [0.2, 0.25) is 0 Å². The molecule has 1 saturated carbocycles. The van der Waals surface area contributed by atoms with Gasteiger partial charge in [-0.25, -0.2) is 4.98 Å². The number of anilines is 1. The molecule has 0 atom stereocenters. The third-order valence-corrected chi connectivity index (χ3v) is 6.79. The number of hydrogen-bond donors (Lipinski definition) is 3. The highest BCUT2D eigenvalue weighted by molar-refractivity contribution is 6.35. The zero-order valence-corrected chi connectivity index (χ0v) is 19.7. The van der Waals surface area contributed by atoms with Gasteiger partial charge in [0.05, 0.1) is 16.0 Å². The monoisotopic (exact) mass is 474 g/mol. The van der Waals surface area contributed by atoms with Crippen LogP contribution in [-0.2, 0) is 0 Å². The first-order chi connectivity index (χ1) is 16.6. The maximum Gasteiger partial charge on any atom is 0.196 e. The summed E-state index contributed by atoms with van der Waals surface area (Å²) in [5.74, 6) is 1.13. The molecule has 174 valence electrons. The lowest BCUT2D eigenvalue weighted by Gasteiger charge is -2.29. The van der Waals surface area contributed by atoms with Crippen LogP contribution in [0.5, 0.6) is 11.5 Å². The number of hydrogen-bond acceptors (Lipinski definition) is 5. The highest BCUT2D eigenvalue weighted by Crippen LogP contribution is 2.33. The summed E-state index contributed by atoms with van der Waals surface area (Å²) in [7, 11) is 2.02. The van der Waals surface area contributed by atoms with Gasteiger partial charge in [0, 0.05) is 41.8 Å². The van der Waals surface area contributed by atoms with E-state index < -0.39 is 0 Å². The van der Waals surface area contributed by atoms with Gasteiger partial charge >= 0.3 is 0 Å². The van der Waals surface area contributed by atoms with Crippen molar-refractivity contribution < 1.29 is 9.53 Å². The van der Waals surface area contributed by atoms with Crippen LogP contribution < -0.4 is 15.4 Å². The van der Waals surface area contributed by atoms with E-state index in [0.29, 0.717) is 45.4 Å². The molecule has 2 aromatic heterocycles. The van der Waals surface area contributed by atoms with E-state index in [0.717, 1.165) is 36.8 Å². The second-order valence-corrected chi connectivity index (χ2v) is 9.06. The van der Waals surface area contributed by atoms with Crippen molar-refractivity contribution in [3.63, 3.8) is 0 Å². The highest BCUT2D eigenvalue weighted by Gasteiger charge is 2.23. The van der Waals surface area contributed by atoms with Crippen molar-refractivity contribution in [2.75, 3.05) is 12.4 Å². The summed E-state index contributed by atoms with van der Waals surface area (Å²) in [4.78, 5) is 21.1. The van der Waals surface area contributed by atoms with Gasteiger partial charge in [-0.1, -0.05) is 29.8 Å². The molecule has 1 aliphatic carbocycles. The first-order valence-corrected chi connectivity index (χ1v) is 12.0. The molecule has 0 aliphatic heterocycles. The van der Waals surface area contributed by atoms with Crippen LogP contribution in [0.15, 0.2) is 67.0 Å². The maximum atomic E-state index is 13.5. The fourth-order valence-corrected chi connectivity index (χ4v) is 4.87. The molecule has 4 aromatic rings. The van der Waals surface area contributed by atoms with E-state index in [9.17, 15) is 4.79 Å². The second kappa shape index (κ2) is 9.87. The van der Waals surface area contributed by atoms with Crippen molar-refractivity contribution in [2.45, 2.75) is 37.8 Å². The Labute approximate surface area is 203 Å². The minimum Gasteiger partial charge on any atom is -0.457 e. The summed E-state index contributed by atoms with van der Waals surface area (Å²) < 4.78 is 5.85. The van der Waals surface area contributed by atoms with E-state index in [1.807, 2.05) is 43.4 Å². The van der Waals surface area contributed by atoms with Gasteiger partial charge in [0.15, 0.2) is 5.78 Å². The van der Waals surface area contributed by atoms with Crippen LogP contribution in [0.1, 0.15) is 41.6 Å². The lowest BCUT2D eigenvalue weighted by atomic mass is 9.91. The zero-order valence-electron chi connectivity index (χ0n) is 19.0. The number of pyridine rings is 1. The molecular formula is C27H27ClN4O2. The van der Waals surface area contributed by atoms with Gasteiger partial charge in [-0.2, -0.15) is 0 Å². The number of carbonyl (C=O) groups is 1. The topological polar surface area (TPSA) is 79.0 Å². The lowest BCUT2D eigenvalue weighted by molar-refractivity contribution is 0.104. The standard InChI is InChI=1S/C27H27ClN4O2/c1-29-17-7-9-18(10-8-17)32-24-13-14-30-27-25(24)22(16-31-27)26(33)21-12-11-20(15-23(21)28)34-19-5-3-2-4-6-19/h2-6,11-18,29H,7-10H2,1H3,(H2,30,31,32). The third-order valence-electron chi connectivity index (χ3n) is 6.48. The molecule has 7 heteroatoms. The summed E-state index contributed by atoms with van der Waals surface area (Å²) in [6.45, 7) is 0. The summed E-state index contributed by atoms with van der Waals surface area (Å²) in [6, 6.07) is 17.5. The Morgan fingerprint density at radius 2 is 1.76 bits per heavy atom. The molecule has 0 radical (unpaired) electrons. The molecule has 3 N–H and O–H groups in total. The number of aromatic amines is 1. The van der Waals surface area contributed by atoms with E-state index in [1.54, 1.807) is 30.6 Å². The number of carbonyl (C=O) groups excluding carboxylic acids is 1. The van der Waals surface area contributed by atoms with Crippen molar-refractivity contribution in [1.82, 2.24) is 15.3 Å². The number of halogens is 1. The molecule has 0 bridgehead atoms. The molecule has 2 aromatic carbocycles. The number of nitrogens with zero attached hydrogens (tertiary/aromatic N) is 1. The van der Waals surface area contributed by atoms with Crippen molar-refractivity contribution in [2.24, 2.45) is 0 Å². The highest BCUT2D eigenvalue weighted by atomic mass is 35.5. The predicted octanol–water partition coefficient (Wildman–Crippen LogP) is 6.18. The Hall–Kier alpha value is -3.35. The van der Waals surface area contributed by atoms with Crippen molar-refractivity contribution >= 4 is 34.1 Å². The van der Waals surface area contributed by atoms with Crippen LogP contribution in [0.3, 0.4) is 0 Å². The summed E-state index contributed by atoms with van der Waals surface area (Å²) in [6.07, 6.45) is 7.91. The number of aromatic nitrogens is 2. The molecule has 1 fully saturated rings. The van der Waals surface area contributed by atoms with Crippen molar-refractivity contribution in [3.05, 3.63) is 83.1 Å². The second-order valence-electron chi connectivity index (χ2n) is 8.65. The summed E-state index contributed by atoms with van der Waals surface area (Å²) in [5.41, 5.74) is 2.57. The van der Waals surface area contributed by atoms with Crippen LogP contribution in [0.25, 0.3) is 11.0 Å². The average Bonchev–Trinajstić information content (AvgIpc) is 3.30. The van der Waals surface area contributed by atoms with Crippen molar-refractivity contribution in [1.29, 1.82) is 0 Å². The van der Waals surface area contributed by atoms with Crippen LogP contribution in [0.2, 0.25) is 5.02 Å². The molecule has 0 amide bonds. The van der Waals surface area contributed by atoms with Gasteiger partial charge in [-0.05, 0) is 63.1 Å². The molecule has 0 saturated heterocycles. The summed E-state index contributed by atoms with van der Waals surface area (Å²) in [5, 5.41) is 8.17. The average molecular weight is 475 g/mol. The molecule has 6 nitrogen and oxygen atoms in total. The Bertz CT molecular complexity index is 1300. The van der Waals surface area contributed by atoms with Crippen LogP contribution in [-0.4, -0.2) is 34.9 Å². The molecule has 0 spiro atoms. The Kier molecular flexibility index (Phi) is 6.52. The number of H-pyrrole nitrogens is 1. The van der Waals surface area contributed by atoms with E-state index in [1.165, 1.54) is 0 Å². The number of rotatable bonds is 7. The number of ketones is 1. The number of ether oxygens (including phenoxy) is 1. The minimum absolute atomic E-state index is 0.155. The molecule has 1 aliphatic rings. The number of nitrogens with one attached hydrogen (secondary N) is 3. The van der Waals surface area contributed by atoms with Gasteiger partial charge in [-0.3, -0.25) is 4.79 Å². The Balaban J connectivity index is 1.40. The largest absolute Gasteiger partial charge is 0.457 e. The van der Waals surface area contributed by atoms with E-state index in [2.05, 4.69) is 20.6 Å². The molecular weight excluding hydrogens is 448 g/mol. The number of para-hydroxylation sites is 1. The van der Waals surface area contributed by atoms with E-state index in [-0.39, 0.29) is 5.78 Å². The molecule has 2 heterocycles. The fourth-order valence-electron chi connectivity index (χ4n) is 4.62. The van der Waals surface area contributed by atoms with Crippen LogP contribution in [0, 0.1) is 0 Å². The van der Waals surface area contributed by atoms with Crippen LogP contribution >= 0.6 is 11.6 Å². The molecule has 0 unspecified atom stereocenters. The zero-order chi connectivity index (χ0) is 23.5. The SMILES string of the molecule is CNC1CCC(Nc2ccnc3[nH]cc(C(=O)c4ccc(Oc5ccccc5)cc4Cl)c23)CC1. The normalized spacial score (nSPS) is 18.1. The quantitative estimate of drug-likeness (QED) is 0.279. The Morgan fingerprint density at radius 3 is 2.50 bits per heavy atom. The maximum absolute atomic E-state index is 13.5. The van der Waals surface area contributed by atoms with E-state index in [4.69, 9.17) is 16.3 Å². The van der Waals surface area contributed by atoms with Gasteiger partial charge < -0.3 is 20.4 Å².